The summed E-state index contributed by atoms with van der Waals surface area (Å²) >= 11 is 0. The molecule has 0 unspecified atom stereocenters. The molecule has 2 amide bonds. The second kappa shape index (κ2) is 10.4. The molecule has 13 heteroatoms. The third-order valence-corrected chi connectivity index (χ3v) is 8.54. The standard InChI is InChI=1S/C28H32F4N6O3/c1-14-22(38-41-37-14)26(40)36-24(18-3-2-8-27(29,30)13-18)25-33-19-7-6-17(10-20(19)34-25)23(16-4-5-16)35-21(39)9-15-11-28(31,32)12-15/h6-7,10,15-16,18,23-24H,2-5,8-9,11-13H2,1H3,(H,33,34)(H,35,39)(H,36,40)/t18-,23-,24+/m1/s1. The number of aryl methyl sites for hydroxylation is 1. The number of carbonyl (C=O) groups excluding carboxylic acids is 2. The Morgan fingerprint density at radius 1 is 1.02 bits per heavy atom. The zero-order valence-electron chi connectivity index (χ0n) is 22.6. The van der Waals surface area contributed by atoms with Gasteiger partial charge in [0, 0.05) is 32.1 Å². The summed E-state index contributed by atoms with van der Waals surface area (Å²) in [6.07, 6.45) is 1.67. The SMILES string of the molecule is Cc1nonc1C(=O)N[C@H](c1nc2ccc([C@H](NC(=O)CC3CC(F)(F)C3)C3CC3)cc2[nH]1)[C@@H]1CCCC(F)(F)C1. The number of imidazole rings is 1. The number of hydrogen-bond acceptors (Lipinski definition) is 6. The molecule has 3 fully saturated rings. The predicted molar refractivity (Wildman–Crippen MR) is 138 cm³/mol. The number of halogens is 4. The first-order chi connectivity index (χ1) is 19.5. The molecule has 1 aromatic carbocycles. The van der Waals surface area contributed by atoms with Crippen molar-refractivity contribution in [3.05, 3.63) is 41.0 Å². The molecular weight excluding hydrogens is 544 g/mol. The molecule has 0 saturated heterocycles. The van der Waals surface area contributed by atoms with E-state index >= 15 is 0 Å². The largest absolute Gasteiger partial charge is 0.349 e. The first kappa shape index (κ1) is 27.6. The van der Waals surface area contributed by atoms with Crippen LogP contribution in [0, 0.1) is 24.7 Å². The number of hydrogen-bond donors (Lipinski definition) is 3. The average Bonchev–Trinajstić information content (AvgIpc) is 3.49. The molecule has 9 nitrogen and oxygen atoms in total. The maximum atomic E-state index is 14.4. The summed E-state index contributed by atoms with van der Waals surface area (Å²) in [4.78, 5) is 33.6. The highest BCUT2D eigenvalue weighted by Gasteiger charge is 2.46. The Bertz CT molecular complexity index is 1440. The average molecular weight is 577 g/mol. The van der Waals surface area contributed by atoms with Gasteiger partial charge in [-0.05, 0) is 73.2 Å². The zero-order valence-corrected chi connectivity index (χ0v) is 22.6. The summed E-state index contributed by atoms with van der Waals surface area (Å²) in [6, 6.07) is 4.42. The van der Waals surface area contributed by atoms with E-state index in [-0.39, 0.29) is 67.3 Å². The minimum absolute atomic E-state index is 0.0235. The van der Waals surface area contributed by atoms with Crippen molar-refractivity contribution < 1.29 is 31.8 Å². The molecule has 6 rings (SSSR count). The molecule has 3 aliphatic carbocycles. The lowest BCUT2D eigenvalue weighted by atomic mass is 9.79. The Morgan fingerprint density at radius 3 is 2.46 bits per heavy atom. The van der Waals surface area contributed by atoms with Crippen LogP contribution in [0.2, 0.25) is 0 Å². The van der Waals surface area contributed by atoms with E-state index < -0.39 is 29.7 Å². The number of rotatable bonds is 9. The fourth-order valence-electron chi connectivity index (χ4n) is 6.27. The summed E-state index contributed by atoms with van der Waals surface area (Å²) in [6.45, 7) is 1.56. The highest BCUT2D eigenvalue weighted by atomic mass is 19.3. The van der Waals surface area contributed by atoms with Crippen molar-refractivity contribution in [3.63, 3.8) is 0 Å². The van der Waals surface area contributed by atoms with E-state index in [0.29, 0.717) is 29.7 Å². The topological polar surface area (TPSA) is 126 Å². The second-order valence-corrected chi connectivity index (χ2v) is 12.0. The monoisotopic (exact) mass is 576 g/mol. The zero-order chi connectivity index (χ0) is 28.9. The first-order valence-electron chi connectivity index (χ1n) is 14.1. The van der Waals surface area contributed by atoms with E-state index in [0.717, 1.165) is 18.4 Å². The molecule has 2 aromatic heterocycles. The van der Waals surface area contributed by atoms with Crippen molar-refractivity contribution in [2.45, 2.75) is 88.6 Å². The van der Waals surface area contributed by atoms with Crippen LogP contribution in [0.3, 0.4) is 0 Å². The fraction of sp³-hybridized carbons (Fsp3) is 0.607. The van der Waals surface area contributed by atoms with Crippen molar-refractivity contribution >= 4 is 22.8 Å². The number of amides is 2. The molecule has 3 saturated carbocycles. The van der Waals surface area contributed by atoms with Gasteiger partial charge in [-0.25, -0.2) is 27.2 Å². The minimum Gasteiger partial charge on any atom is -0.349 e. The van der Waals surface area contributed by atoms with E-state index in [1.165, 1.54) is 0 Å². The molecule has 3 atom stereocenters. The van der Waals surface area contributed by atoms with Crippen LogP contribution < -0.4 is 10.6 Å². The van der Waals surface area contributed by atoms with Gasteiger partial charge in [0.05, 0.1) is 23.1 Å². The van der Waals surface area contributed by atoms with Gasteiger partial charge in [-0.3, -0.25) is 9.59 Å². The van der Waals surface area contributed by atoms with Gasteiger partial charge in [-0.15, -0.1) is 0 Å². The van der Waals surface area contributed by atoms with Crippen molar-refractivity contribution in [2.24, 2.45) is 17.8 Å². The number of H-pyrrole nitrogens is 1. The lowest BCUT2D eigenvalue weighted by molar-refractivity contribution is -0.134. The van der Waals surface area contributed by atoms with Crippen LogP contribution in [0.25, 0.3) is 11.0 Å². The van der Waals surface area contributed by atoms with Gasteiger partial charge in [0.2, 0.25) is 17.8 Å². The van der Waals surface area contributed by atoms with E-state index in [9.17, 15) is 27.2 Å². The Balaban J connectivity index is 1.24. The molecule has 0 spiro atoms. The smallest absolute Gasteiger partial charge is 0.276 e. The van der Waals surface area contributed by atoms with Gasteiger partial charge >= 0.3 is 0 Å². The number of aromatic nitrogens is 4. The van der Waals surface area contributed by atoms with Crippen LogP contribution in [0.4, 0.5) is 17.6 Å². The number of alkyl halides is 4. The van der Waals surface area contributed by atoms with Crippen molar-refractivity contribution in [1.82, 2.24) is 30.9 Å². The van der Waals surface area contributed by atoms with E-state index in [4.69, 9.17) is 0 Å². The molecule has 3 aromatic rings. The predicted octanol–water partition coefficient (Wildman–Crippen LogP) is 5.55. The molecule has 3 N–H and O–H groups in total. The van der Waals surface area contributed by atoms with Gasteiger partial charge < -0.3 is 15.6 Å². The highest BCUT2D eigenvalue weighted by molar-refractivity contribution is 5.93. The molecule has 0 bridgehead atoms. The number of carbonyl (C=O) groups is 2. The normalized spacial score (nSPS) is 23.5. The minimum atomic E-state index is -2.85. The summed E-state index contributed by atoms with van der Waals surface area (Å²) in [5.41, 5.74) is 2.32. The molecule has 0 radical (unpaired) electrons. The molecule has 2 heterocycles. The van der Waals surface area contributed by atoms with Crippen molar-refractivity contribution in [1.29, 1.82) is 0 Å². The van der Waals surface area contributed by atoms with Crippen LogP contribution in [0.5, 0.6) is 0 Å². The molecular formula is C28H32F4N6O3. The quantitative estimate of drug-likeness (QED) is 0.287. The van der Waals surface area contributed by atoms with Gasteiger partial charge in [-0.2, -0.15) is 0 Å². The van der Waals surface area contributed by atoms with Crippen LogP contribution in [-0.2, 0) is 4.79 Å². The fourth-order valence-corrected chi connectivity index (χ4v) is 6.27. The van der Waals surface area contributed by atoms with Gasteiger partial charge in [0.1, 0.15) is 11.5 Å². The van der Waals surface area contributed by atoms with E-state index in [1.54, 1.807) is 13.0 Å². The van der Waals surface area contributed by atoms with Crippen molar-refractivity contribution in [2.75, 3.05) is 0 Å². The van der Waals surface area contributed by atoms with E-state index in [2.05, 4.69) is 35.5 Å². The maximum Gasteiger partial charge on any atom is 0.276 e. The molecule has 3 aliphatic rings. The Kier molecular flexibility index (Phi) is 7.01. The molecule has 41 heavy (non-hydrogen) atoms. The number of benzene rings is 1. The van der Waals surface area contributed by atoms with Crippen LogP contribution in [0.1, 0.15) is 97.4 Å². The molecule has 220 valence electrons. The number of nitrogens with one attached hydrogen (secondary N) is 3. The maximum absolute atomic E-state index is 14.4. The number of nitrogens with zero attached hydrogens (tertiary/aromatic N) is 3. The third kappa shape index (κ3) is 6.08. The Labute approximate surface area is 233 Å². The summed E-state index contributed by atoms with van der Waals surface area (Å²) in [7, 11) is 0. The first-order valence-corrected chi connectivity index (χ1v) is 14.1. The lowest BCUT2D eigenvalue weighted by Crippen LogP contribution is -2.39. The lowest BCUT2D eigenvalue weighted by Gasteiger charge is -2.34. The van der Waals surface area contributed by atoms with Gasteiger partial charge in [0.25, 0.3) is 5.91 Å². The van der Waals surface area contributed by atoms with Gasteiger partial charge in [0.15, 0.2) is 5.69 Å². The Hall–Kier alpha value is -3.51. The van der Waals surface area contributed by atoms with Crippen LogP contribution in [0.15, 0.2) is 22.8 Å². The highest BCUT2D eigenvalue weighted by Crippen LogP contribution is 2.46. The summed E-state index contributed by atoms with van der Waals surface area (Å²) in [5, 5.41) is 13.1. The second-order valence-electron chi connectivity index (χ2n) is 12.0. The summed E-state index contributed by atoms with van der Waals surface area (Å²) in [5.74, 6) is -6.63. The van der Waals surface area contributed by atoms with Crippen LogP contribution >= 0.6 is 0 Å². The summed E-state index contributed by atoms with van der Waals surface area (Å²) < 4.78 is 59.9. The van der Waals surface area contributed by atoms with Crippen molar-refractivity contribution in [3.8, 4) is 0 Å². The van der Waals surface area contributed by atoms with E-state index in [1.807, 2.05) is 12.1 Å². The van der Waals surface area contributed by atoms with Gasteiger partial charge in [-0.1, -0.05) is 11.2 Å². The number of fused-ring (bicyclic) bond motifs is 1. The Morgan fingerprint density at radius 2 is 1.80 bits per heavy atom. The number of aromatic amines is 1. The molecule has 0 aliphatic heterocycles. The third-order valence-electron chi connectivity index (χ3n) is 8.54. The van der Waals surface area contributed by atoms with Crippen LogP contribution in [-0.4, -0.2) is 43.9 Å².